The average molecular weight is 236 g/mol. The van der Waals surface area contributed by atoms with Gasteiger partial charge in [-0.3, -0.25) is 19.5 Å². The first-order chi connectivity index (χ1) is 8.09. The van der Waals surface area contributed by atoms with Gasteiger partial charge in [-0.25, -0.2) is 0 Å². The van der Waals surface area contributed by atoms with E-state index in [9.17, 15) is 19.8 Å². The molecule has 3 rings (SSSR count). The predicted octanol–water partition coefficient (Wildman–Crippen LogP) is -0.0244. The highest BCUT2D eigenvalue weighted by atomic mass is 16.3. The van der Waals surface area contributed by atoms with Crippen molar-refractivity contribution < 1.29 is 19.8 Å². The van der Waals surface area contributed by atoms with E-state index in [2.05, 4.69) is 5.32 Å². The van der Waals surface area contributed by atoms with Crippen molar-refractivity contribution in [3.8, 4) is 11.8 Å². The van der Waals surface area contributed by atoms with Gasteiger partial charge >= 0.3 is 0 Å². The second-order valence-electron chi connectivity index (χ2n) is 4.44. The van der Waals surface area contributed by atoms with Crippen molar-refractivity contribution in [1.82, 2.24) is 9.88 Å². The molecule has 0 radical (unpaired) electrons. The van der Waals surface area contributed by atoms with Crippen LogP contribution in [0.25, 0.3) is 0 Å². The molecule has 0 spiro atoms. The molecular formula is C11H12N2O4. The van der Waals surface area contributed by atoms with Gasteiger partial charge in [-0.05, 0) is 19.3 Å². The van der Waals surface area contributed by atoms with Crippen LogP contribution in [0.5, 0.6) is 11.8 Å². The number of fused-ring (bicyclic) bond motifs is 1. The van der Waals surface area contributed by atoms with Crippen LogP contribution in [0, 0.1) is 0 Å². The molecule has 6 heteroatoms. The smallest absolute Gasteiger partial charge is 0.249 e. The van der Waals surface area contributed by atoms with Crippen molar-refractivity contribution in [3.63, 3.8) is 0 Å². The number of aromatic nitrogens is 1. The molecule has 1 unspecified atom stereocenters. The lowest BCUT2D eigenvalue weighted by molar-refractivity contribution is -0.135. The zero-order valence-corrected chi connectivity index (χ0v) is 9.06. The fourth-order valence-corrected chi connectivity index (χ4v) is 2.48. The Kier molecular flexibility index (Phi) is 1.95. The quantitative estimate of drug-likeness (QED) is 0.597. The summed E-state index contributed by atoms with van der Waals surface area (Å²) >= 11 is 0. The lowest BCUT2D eigenvalue weighted by atomic mass is 9.93. The van der Waals surface area contributed by atoms with E-state index in [1.165, 1.54) is 4.57 Å². The van der Waals surface area contributed by atoms with Crippen molar-refractivity contribution in [2.45, 2.75) is 31.7 Å². The van der Waals surface area contributed by atoms with Crippen LogP contribution in [0.2, 0.25) is 0 Å². The Bertz CT molecular complexity index is 505. The molecule has 1 aliphatic carbocycles. The molecule has 2 heterocycles. The summed E-state index contributed by atoms with van der Waals surface area (Å²) in [5, 5.41) is 22.1. The molecule has 2 aliphatic rings. The number of rotatable bonds is 1. The van der Waals surface area contributed by atoms with Gasteiger partial charge in [-0.15, -0.1) is 0 Å². The van der Waals surface area contributed by atoms with E-state index < -0.39 is 11.9 Å². The molecule has 1 aliphatic heterocycles. The second kappa shape index (κ2) is 3.26. The highest BCUT2D eigenvalue weighted by molar-refractivity contribution is 5.99. The zero-order chi connectivity index (χ0) is 12.2. The summed E-state index contributed by atoms with van der Waals surface area (Å²) < 4.78 is 1.24. The zero-order valence-electron chi connectivity index (χ0n) is 9.06. The Labute approximate surface area is 96.9 Å². The van der Waals surface area contributed by atoms with E-state index in [4.69, 9.17) is 0 Å². The number of hydrogen-bond donors (Lipinski definition) is 3. The molecule has 1 aromatic heterocycles. The number of amides is 2. The summed E-state index contributed by atoms with van der Waals surface area (Å²) in [6, 6.07) is -0.696. The van der Waals surface area contributed by atoms with E-state index >= 15 is 0 Å². The SMILES string of the molecule is O=C1CCC(n2c(O)c3c(c2O)CC3)C(=O)N1. The number of aromatic hydroxyl groups is 2. The molecule has 0 aromatic carbocycles. The van der Waals surface area contributed by atoms with Gasteiger partial charge < -0.3 is 10.2 Å². The van der Waals surface area contributed by atoms with Crippen LogP contribution in [-0.2, 0) is 22.4 Å². The molecule has 1 saturated heterocycles. The third-order valence-electron chi connectivity index (χ3n) is 3.51. The molecule has 90 valence electrons. The third-order valence-corrected chi connectivity index (χ3v) is 3.51. The Morgan fingerprint density at radius 3 is 2.12 bits per heavy atom. The summed E-state index contributed by atoms with van der Waals surface area (Å²) in [4.78, 5) is 22.7. The van der Waals surface area contributed by atoms with Crippen LogP contribution in [0.1, 0.15) is 30.0 Å². The maximum atomic E-state index is 11.7. The van der Waals surface area contributed by atoms with Crippen molar-refractivity contribution in [1.29, 1.82) is 0 Å². The second-order valence-corrected chi connectivity index (χ2v) is 4.44. The predicted molar refractivity (Wildman–Crippen MR) is 56.6 cm³/mol. The van der Waals surface area contributed by atoms with Gasteiger partial charge in [-0.1, -0.05) is 0 Å². The van der Waals surface area contributed by atoms with Crippen molar-refractivity contribution in [2.75, 3.05) is 0 Å². The lowest BCUT2D eigenvalue weighted by Crippen LogP contribution is -2.41. The van der Waals surface area contributed by atoms with Crippen molar-refractivity contribution >= 4 is 11.8 Å². The standard InChI is InChI=1S/C11H12N2O4/c14-8-4-3-7(9(15)12-8)13-10(16)5-1-2-6(5)11(13)17/h7,16-17H,1-4H2,(H,12,14,15). The highest BCUT2D eigenvalue weighted by Crippen LogP contribution is 2.44. The topological polar surface area (TPSA) is 91.6 Å². The van der Waals surface area contributed by atoms with Gasteiger partial charge in [0.15, 0.2) is 11.8 Å². The van der Waals surface area contributed by atoms with Gasteiger partial charge in [0.1, 0.15) is 6.04 Å². The fraction of sp³-hybridized carbons (Fsp3) is 0.455. The minimum Gasteiger partial charge on any atom is -0.494 e. The van der Waals surface area contributed by atoms with E-state index in [-0.39, 0.29) is 24.1 Å². The van der Waals surface area contributed by atoms with Gasteiger partial charge in [0.2, 0.25) is 11.8 Å². The van der Waals surface area contributed by atoms with Gasteiger partial charge in [0.25, 0.3) is 0 Å². The highest BCUT2D eigenvalue weighted by Gasteiger charge is 2.36. The Morgan fingerprint density at radius 2 is 1.65 bits per heavy atom. The number of carbonyl (C=O) groups excluding carboxylic acids is 2. The summed E-state index contributed by atoms with van der Waals surface area (Å²) in [5.74, 6) is -0.869. The molecule has 1 fully saturated rings. The number of nitrogens with zero attached hydrogens (tertiary/aromatic N) is 1. The number of hydrogen-bond acceptors (Lipinski definition) is 4. The van der Waals surface area contributed by atoms with Crippen LogP contribution in [0.3, 0.4) is 0 Å². The first-order valence-corrected chi connectivity index (χ1v) is 5.57. The molecule has 6 nitrogen and oxygen atoms in total. The van der Waals surface area contributed by atoms with E-state index in [1.807, 2.05) is 0 Å². The molecule has 1 aromatic rings. The number of nitrogens with one attached hydrogen (secondary N) is 1. The Morgan fingerprint density at radius 1 is 1.06 bits per heavy atom. The largest absolute Gasteiger partial charge is 0.494 e. The van der Waals surface area contributed by atoms with E-state index in [0.717, 1.165) is 12.8 Å². The van der Waals surface area contributed by atoms with E-state index in [0.29, 0.717) is 17.5 Å². The molecule has 3 N–H and O–H groups in total. The molecule has 0 saturated carbocycles. The van der Waals surface area contributed by atoms with Gasteiger partial charge in [0.05, 0.1) is 0 Å². The average Bonchev–Trinajstić information content (AvgIpc) is 2.34. The summed E-state index contributed by atoms with van der Waals surface area (Å²) in [6.07, 6.45) is 1.96. The fourth-order valence-electron chi connectivity index (χ4n) is 2.48. The molecule has 1 atom stereocenters. The Hall–Kier alpha value is -1.98. The van der Waals surface area contributed by atoms with Crippen LogP contribution >= 0.6 is 0 Å². The van der Waals surface area contributed by atoms with Crippen molar-refractivity contribution in [3.05, 3.63) is 11.1 Å². The summed E-state index contributed by atoms with van der Waals surface area (Å²) in [5.41, 5.74) is 1.43. The molecule has 2 amide bonds. The number of imide groups is 1. The Balaban J connectivity index is 2.02. The van der Waals surface area contributed by atoms with Crippen LogP contribution in [0.4, 0.5) is 0 Å². The maximum absolute atomic E-state index is 11.7. The minimum absolute atomic E-state index is 0.0433. The van der Waals surface area contributed by atoms with Gasteiger partial charge in [0, 0.05) is 17.5 Å². The lowest BCUT2D eigenvalue weighted by Gasteiger charge is -2.23. The third kappa shape index (κ3) is 1.26. The van der Waals surface area contributed by atoms with Crippen molar-refractivity contribution in [2.24, 2.45) is 0 Å². The molecule has 0 bridgehead atoms. The number of carbonyl (C=O) groups is 2. The monoisotopic (exact) mass is 236 g/mol. The van der Waals surface area contributed by atoms with Crippen LogP contribution in [-0.4, -0.2) is 26.6 Å². The minimum atomic E-state index is -0.696. The van der Waals surface area contributed by atoms with E-state index in [1.54, 1.807) is 0 Å². The summed E-state index contributed by atoms with van der Waals surface area (Å²) in [7, 11) is 0. The first kappa shape index (κ1) is 10.2. The number of piperidine rings is 1. The molecular weight excluding hydrogens is 224 g/mol. The first-order valence-electron chi connectivity index (χ1n) is 5.57. The molecule has 17 heavy (non-hydrogen) atoms. The van der Waals surface area contributed by atoms with Crippen LogP contribution < -0.4 is 5.32 Å². The normalized spacial score (nSPS) is 22.9. The van der Waals surface area contributed by atoms with Crippen LogP contribution in [0.15, 0.2) is 0 Å². The maximum Gasteiger partial charge on any atom is 0.249 e. The van der Waals surface area contributed by atoms with Gasteiger partial charge in [-0.2, -0.15) is 0 Å². The summed E-state index contributed by atoms with van der Waals surface area (Å²) in [6.45, 7) is 0.